The fourth-order valence-corrected chi connectivity index (χ4v) is 1.61. The van der Waals surface area contributed by atoms with Crippen molar-refractivity contribution in [2.24, 2.45) is 0 Å². The average molecular weight is 173 g/mol. The number of hydrogen-bond donors (Lipinski definition) is 1. The zero-order valence-corrected chi connectivity index (χ0v) is 7.49. The van der Waals surface area contributed by atoms with E-state index in [1.165, 1.54) is 7.11 Å². The Morgan fingerprint density at radius 2 is 2.42 bits per heavy atom. The molecule has 4 nitrogen and oxygen atoms in total. The van der Waals surface area contributed by atoms with Gasteiger partial charge in [-0.15, -0.1) is 0 Å². The number of likely N-dealkylation sites (N-methyl/N-ethyl adjacent to an activating group) is 1. The number of esters is 1. The first-order valence-electron chi connectivity index (χ1n) is 4.19. The first kappa shape index (κ1) is 9.48. The lowest BCUT2D eigenvalue weighted by Gasteiger charge is -2.19. The molecule has 1 saturated heterocycles. The lowest BCUT2D eigenvalue weighted by molar-refractivity contribution is -0.145. The van der Waals surface area contributed by atoms with Crippen molar-refractivity contribution in [3.05, 3.63) is 0 Å². The van der Waals surface area contributed by atoms with Crippen molar-refractivity contribution in [3.8, 4) is 0 Å². The van der Waals surface area contributed by atoms with E-state index in [2.05, 4.69) is 4.74 Å². The maximum absolute atomic E-state index is 11.2. The number of carbonyl (C=O) groups excluding carboxylic acids is 1. The molecule has 0 aromatic carbocycles. The Bertz CT molecular complexity index is 172. The number of rotatable bonds is 2. The second-order valence-corrected chi connectivity index (χ2v) is 3.02. The minimum absolute atomic E-state index is 0.241. The summed E-state index contributed by atoms with van der Waals surface area (Å²) in [4.78, 5) is 13.1. The Morgan fingerprint density at radius 3 is 2.92 bits per heavy atom. The third kappa shape index (κ3) is 1.76. The molecule has 1 aliphatic heterocycles. The van der Waals surface area contributed by atoms with Crippen LogP contribution in [0.3, 0.4) is 0 Å². The molecule has 2 unspecified atom stereocenters. The minimum Gasteiger partial charge on any atom is -0.468 e. The topological polar surface area (TPSA) is 49.8 Å². The first-order valence-corrected chi connectivity index (χ1v) is 4.19. The second kappa shape index (κ2) is 3.87. The third-order valence-corrected chi connectivity index (χ3v) is 2.26. The highest BCUT2D eigenvalue weighted by Crippen LogP contribution is 2.17. The monoisotopic (exact) mass is 173 g/mol. The third-order valence-electron chi connectivity index (χ3n) is 2.26. The van der Waals surface area contributed by atoms with E-state index in [1.807, 2.05) is 11.8 Å². The molecule has 0 bridgehead atoms. The van der Waals surface area contributed by atoms with E-state index in [0.717, 1.165) is 6.54 Å². The number of hydrogen-bond acceptors (Lipinski definition) is 4. The van der Waals surface area contributed by atoms with Crippen molar-refractivity contribution in [1.82, 2.24) is 4.90 Å². The lowest BCUT2D eigenvalue weighted by atomic mass is 10.2. The van der Waals surface area contributed by atoms with E-state index in [4.69, 9.17) is 0 Å². The number of nitrogens with zero attached hydrogens (tertiary/aromatic N) is 1. The van der Waals surface area contributed by atoms with Crippen LogP contribution in [0.1, 0.15) is 13.3 Å². The number of aliphatic hydroxyl groups is 1. The molecule has 0 aromatic rings. The highest BCUT2D eigenvalue weighted by Gasteiger charge is 2.35. The summed E-state index contributed by atoms with van der Waals surface area (Å²) in [6.45, 7) is 3.32. The van der Waals surface area contributed by atoms with Crippen LogP contribution < -0.4 is 0 Å². The molecular formula is C8H15NO3. The van der Waals surface area contributed by atoms with E-state index in [1.54, 1.807) is 0 Å². The van der Waals surface area contributed by atoms with Gasteiger partial charge in [0, 0.05) is 13.0 Å². The zero-order valence-electron chi connectivity index (χ0n) is 7.49. The van der Waals surface area contributed by atoms with Gasteiger partial charge in [-0.2, -0.15) is 0 Å². The molecule has 1 heterocycles. The molecule has 0 saturated carbocycles. The SMILES string of the molecule is CCN1CC(O)CC1C(=O)OC. The van der Waals surface area contributed by atoms with E-state index in [-0.39, 0.29) is 18.1 Å². The van der Waals surface area contributed by atoms with Crippen LogP contribution in [-0.2, 0) is 9.53 Å². The smallest absolute Gasteiger partial charge is 0.323 e. The van der Waals surface area contributed by atoms with Crippen molar-refractivity contribution in [3.63, 3.8) is 0 Å². The maximum Gasteiger partial charge on any atom is 0.323 e. The van der Waals surface area contributed by atoms with E-state index >= 15 is 0 Å². The largest absolute Gasteiger partial charge is 0.468 e. The molecule has 1 aliphatic rings. The second-order valence-electron chi connectivity index (χ2n) is 3.02. The van der Waals surface area contributed by atoms with Gasteiger partial charge in [-0.05, 0) is 6.54 Å². The molecule has 0 amide bonds. The van der Waals surface area contributed by atoms with Crippen LogP contribution in [0, 0.1) is 0 Å². The molecule has 1 N–H and O–H groups in total. The highest BCUT2D eigenvalue weighted by molar-refractivity contribution is 5.76. The van der Waals surface area contributed by atoms with Crippen molar-refractivity contribution in [2.45, 2.75) is 25.5 Å². The van der Waals surface area contributed by atoms with Gasteiger partial charge in [-0.25, -0.2) is 0 Å². The Balaban J connectivity index is 2.57. The average Bonchev–Trinajstić information content (AvgIpc) is 2.45. The van der Waals surface area contributed by atoms with Crippen molar-refractivity contribution in [1.29, 1.82) is 0 Å². The van der Waals surface area contributed by atoms with Gasteiger partial charge in [0.2, 0.25) is 0 Å². The number of aliphatic hydroxyl groups excluding tert-OH is 1. The van der Waals surface area contributed by atoms with Gasteiger partial charge in [0.1, 0.15) is 6.04 Å². The summed E-state index contributed by atoms with van der Waals surface area (Å²) in [7, 11) is 1.38. The van der Waals surface area contributed by atoms with Gasteiger partial charge < -0.3 is 9.84 Å². The molecular weight excluding hydrogens is 158 g/mol. The summed E-state index contributed by atoms with van der Waals surface area (Å²) in [6.07, 6.45) is 0.120. The summed E-state index contributed by atoms with van der Waals surface area (Å²) in [5.74, 6) is -0.242. The standard InChI is InChI=1S/C8H15NO3/c1-3-9-5-6(10)4-7(9)8(11)12-2/h6-7,10H,3-5H2,1-2H3. The molecule has 0 radical (unpaired) electrons. The predicted molar refractivity (Wildman–Crippen MR) is 43.7 cm³/mol. The molecule has 4 heteroatoms. The van der Waals surface area contributed by atoms with Crippen LogP contribution in [-0.4, -0.2) is 48.3 Å². The molecule has 2 atom stereocenters. The van der Waals surface area contributed by atoms with E-state index in [9.17, 15) is 9.90 Å². The number of ether oxygens (including phenoxy) is 1. The zero-order chi connectivity index (χ0) is 9.14. The highest BCUT2D eigenvalue weighted by atomic mass is 16.5. The molecule has 1 fully saturated rings. The Hall–Kier alpha value is -0.610. The quantitative estimate of drug-likeness (QED) is 0.578. The first-order chi connectivity index (χ1) is 5.69. The molecule has 70 valence electrons. The fourth-order valence-electron chi connectivity index (χ4n) is 1.61. The van der Waals surface area contributed by atoms with E-state index < -0.39 is 0 Å². The van der Waals surface area contributed by atoms with Crippen LogP contribution in [0.4, 0.5) is 0 Å². The summed E-state index contributed by atoms with van der Waals surface area (Å²) < 4.78 is 4.62. The van der Waals surface area contributed by atoms with Gasteiger partial charge in [0.05, 0.1) is 13.2 Å². The number of likely N-dealkylation sites (tertiary alicyclic amines) is 1. The molecule has 0 spiro atoms. The van der Waals surface area contributed by atoms with Gasteiger partial charge in [0.25, 0.3) is 0 Å². The molecule has 1 rings (SSSR count). The summed E-state index contributed by atoms with van der Waals surface area (Å²) in [5, 5.41) is 9.30. The summed E-state index contributed by atoms with van der Waals surface area (Å²) >= 11 is 0. The van der Waals surface area contributed by atoms with Crippen molar-refractivity contribution in [2.75, 3.05) is 20.2 Å². The molecule has 12 heavy (non-hydrogen) atoms. The van der Waals surface area contributed by atoms with Crippen molar-refractivity contribution < 1.29 is 14.6 Å². The Labute approximate surface area is 72.1 Å². The van der Waals surface area contributed by atoms with E-state index in [0.29, 0.717) is 13.0 Å². The van der Waals surface area contributed by atoms with Crippen LogP contribution in [0.2, 0.25) is 0 Å². The van der Waals surface area contributed by atoms with Gasteiger partial charge in [-0.1, -0.05) is 6.92 Å². The van der Waals surface area contributed by atoms with Crippen molar-refractivity contribution >= 4 is 5.97 Å². The molecule has 0 aliphatic carbocycles. The van der Waals surface area contributed by atoms with Gasteiger partial charge in [-0.3, -0.25) is 9.69 Å². The number of methoxy groups -OCH3 is 1. The number of carbonyl (C=O) groups is 1. The Morgan fingerprint density at radius 1 is 1.75 bits per heavy atom. The number of β-amino-alcohol motifs (C(OH)–C–C–N with tert-alkyl or cyclic N) is 1. The fraction of sp³-hybridized carbons (Fsp3) is 0.875. The van der Waals surface area contributed by atoms with Gasteiger partial charge >= 0.3 is 5.97 Å². The van der Waals surface area contributed by atoms with Gasteiger partial charge in [0.15, 0.2) is 0 Å². The normalized spacial score (nSPS) is 30.6. The lowest BCUT2D eigenvalue weighted by Crippen LogP contribution is -2.36. The molecule has 0 aromatic heterocycles. The minimum atomic E-state index is -0.381. The van der Waals surface area contributed by atoms with Crippen LogP contribution in [0.5, 0.6) is 0 Å². The maximum atomic E-state index is 11.2. The summed E-state index contributed by atoms with van der Waals surface area (Å²) in [5.41, 5.74) is 0. The van der Waals surface area contributed by atoms with Crippen LogP contribution in [0.25, 0.3) is 0 Å². The Kier molecular flexibility index (Phi) is 3.05. The summed E-state index contributed by atoms with van der Waals surface area (Å²) in [6, 6.07) is -0.241. The predicted octanol–water partition coefficient (Wildman–Crippen LogP) is -0.386. The van der Waals surface area contributed by atoms with Crippen LogP contribution in [0.15, 0.2) is 0 Å². The van der Waals surface area contributed by atoms with Crippen LogP contribution >= 0.6 is 0 Å².